The van der Waals surface area contributed by atoms with Crippen molar-refractivity contribution in [1.29, 1.82) is 0 Å². The zero-order valence-corrected chi connectivity index (χ0v) is 21.5. The Labute approximate surface area is 214 Å². The first-order chi connectivity index (χ1) is 17.4. The Kier molecular flexibility index (Phi) is 7.28. The van der Waals surface area contributed by atoms with Crippen LogP contribution in [0.15, 0.2) is 76.3 Å². The highest BCUT2D eigenvalue weighted by molar-refractivity contribution is 5.70. The summed E-state index contributed by atoms with van der Waals surface area (Å²) in [4.78, 5) is 24.4. The quantitative estimate of drug-likeness (QED) is 0.279. The van der Waals surface area contributed by atoms with Gasteiger partial charge in [0, 0.05) is 17.8 Å². The van der Waals surface area contributed by atoms with Crippen LogP contribution in [0.1, 0.15) is 62.0 Å². The molecule has 0 radical (unpaired) electrons. The molecule has 1 unspecified atom stereocenters. The molecule has 0 saturated carbocycles. The number of aryl methyl sites for hydroxylation is 1. The highest BCUT2D eigenvalue weighted by Gasteiger charge is 2.27. The van der Waals surface area contributed by atoms with Gasteiger partial charge in [-0.25, -0.2) is 8.78 Å². The van der Waals surface area contributed by atoms with Gasteiger partial charge in [0.2, 0.25) is 0 Å². The summed E-state index contributed by atoms with van der Waals surface area (Å²) in [5.41, 5.74) is 2.22. The van der Waals surface area contributed by atoms with Gasteiger partial charge in [-0.3, -0.25) is 14.9 Å². The molecule has 0 saturated heterocycles. The first-order valence-electron chi connectivity index (χ1n) is 12.1. The van der Waals surface area contributed by atoms with Gasteiger partial charge < -0.3 is 10.1 Å². The molecule has 4 rings (SSSR count). The standard InChI is InChI=1S/C30H30F2N2O3/c1-17-9-11-19(12-10-17)25(33-18(2)21-13-22(31)16-23(32)14-21)20-7-6-8-24(15-20)34-26-27(35)28(36)29(26)37-30(3,4)5/h6-16,18,25,33-34H,1-5H3/t18-,25?/m1/s1. The van der Waals surface area contributed by atoms with Gasteiger partial charge in [-0.2, -0.15) is 0 Å². The fourth-order valence-corrected chi connectivity index (χ4v) is 4.14. The van der Waals surface area contributed by atoms with Crippen molar-refractivity contribution in [3.8, 4) is 5.75 Å². The van der Waals surface area contributed by atoms with Gasteiger partial charge in [-0.1, -0.05) is 42.0 Å². The number of rotatable bonds is 8. The molecule has 192 valence electrons. The second-order valence-corrected chi connectivity index (χ2v) is 10.3. The summed E-state index contributed by atoms with van der Waals surface area (Å²) in [5, 5.41) is 6.53. The minimum absolute atomic E-state index is 0.0258. The third kappa shape index (κ3) is 6.12. The van der Waals surface area contributed by atoms with E-state index >= 15 is 0 Å². The van der Waals surface area contributed by atoms with Gasteiger partial charge >= 0.3 is 0 Å². The topological polar surface area (TPSA) is 67.4 Å². The van der Waals surface area contributed by atoms with Crippen LogP contribution in [-0.2, 0) is 0 Å². The van der Waals surface area contributed by atoms with E-state index in [-0.39, 0.29) is 23.5 Å². The van der Waals surface area contributed by atoms with Crippen LogP contribution in [-0.4, -0.2) is 5.60 Å². The highest BCUT2D eigenvalue weighted by Crippen LogP contribution is 2.31. The van der Waals surface area contributed by atoms with E-state index in [1.165, 1.54) is 12.1 Å². The number of nitrogens with one attached hydrogen (secondary N) is 2. The average molecular weight is 505 g/mol. The molecular formula is C30H30F2N2O3. The van der Waals surface area contributed by atoms with E-state index in [9.17, 15) is 18.4 Å². The molecule has 0 spiro atoms. The number of hydrogen-bond acceptors (Lipinski definition) is 5. The fourth-order valence-electron chi connectivity index (χ4n) is 4.14. The maximum Gasteiger partial charge on any atom is 0.272 e. The average Bonchev–Trinajstić information content (AvgIpc) is 2.84. The molecule has 0 fully saturated rings. The van der Waals surface area contributed by atoms with Crippen molar-refractivity contribution in [1.82, 2.24) is 5.32 Å². The van der Waals surface area contributed by atoms with E-state index in [0.717, 1.165) is 22.8 Å². The van der Waals surface area contributed by atoms with E-state index in [1.807, 2.05) is 56.3 Å². The molecule has 0 aliphatic heterocycles. The maximum absolute atomic E-state index is 13.9. The molecule has 0 amide bonds. The van der Waals surface area contributed by atoms with Gasteiger partial charge in [-0.05, 0) is 75.6 Å². The molecule has 0 heterocycles. The second-order valence-electron chi connectivity index (χ2n) is 10.3. The van der Waals surface area contributed by atoms with E-state index in [4.69, 9.17) is 4.74 Å². The highest BCUT2D eigenvalue weighted by atomic mass is 19.1. The maximum atomic E-state index is 13.9. The second kappa shape index (κ2) is 10.3. The zero-order valence-electron chi connectivity index (χ0n) is 21.5. The fraction of sp³-hybridized carbons (Fsp3) is 0.267. The monoisotopic (exact) mass is 504 g/mol. The van der Waals surface area contributed by atoms with Crippen LogP contribution in [0.4, 0.5) is 20.2 Å². The normalized spacial score (nSPS) is 13.4. The van der Waals surface area contributed by atoms with Crippen LogP contribution in [0, 0.1) is 18.6 Å². The van der Waals surface area contributed by atoms with Crippen LogP contribution in [0.25, 0.3) is 0 Å². The Hall–Kier alpha value is -3.84. The lowest BCUT2D eigenvalue weighted by atomic mass is 9.95. The summed E-state index contributed by atoms with van der Waals surface area (Å²) in [6, 6.07) is 18.2. The lowest BCUT2D eigenvalue weighted by Crippen LogP contribution is -2.39. The summed E-state index contributed by atoms with van der Waals surface area (Å²) in [5.74, 6) is -1.25. The number of halogens is 2. The first-order valence-corrected chi connectivity index (χ1v) is 12.1. The predicted molar refractivity (Wildman–Crippen MR) is 142 cm³/mol. The van der Waals surface area contributed by atoms with Crippen LogP contribution in [0.5, 0.6) is 5.75 Å². The van der Waals surface area contributed by atoms with Gasteiger partial charge in [-0.15, -0.1) is 0 Å². The Balaban J connectivity index is 1.67. The van der Waals surface area contributed by atoms with Crippen LogP contribution >= 0.6 is 0 Å². The summed E-state index contributed by atoms with van der Waals surface area (Å²) >= 11 is 0. The molecule has 0 aliphatic rings. The molecular weight excluding hydrogens is 474 g/mol. The zero-order chi connectivity index (χ0) is 26.9. The molecule has 0 bridgehead atoms. The Bertz CT molecular complexity index is 1460. The van der Waals surface area contributed by atoms with Crippen molar-refractivity contribution >= 4 is 11.4 Å². The van der Waals surface area contributed by atoms with Crippen molar-refractivity contribution in [2.75, 3.05) is 5.32 Å². The Morgan fingerprint density at radius 1 is 0.811 bits per heavy atom. The summed E-state index contributed by atoms with van der Waals surface area (Å²) in [7, 11) is 0. The van der Waals surface area contributed by atoms with Crippen molar-refractivity contribution in [2.45, 2.75) is 52.3 Å². The number of hydrogen-bond donors (Lipinski definition) is 2. The molecule has 2 N–H and O–H groups in total. The smallest absolute Gasteiger partial charge is 0.272 e. The molecule has 0 aromatic heterocycles. The lowest BCUT2D eigenvalue weighted by Gasteiger charge is -2.26. The van der Waals surface area contributed by atoms with Crippen LogP contribution in [0.2, 0.25) is 0 Å². The minimum Gasteiger partial charge on any atom is -0.482 e. The molecule has 7 heteroatoms. The van der Waals surface area contributed by atoms with Crippen molar-refractivity contribution in [3.63, 3.8) is 0 Å². The van der Waals surface area contributed by atoms with Gasteiger partial charge in [0.15, 0.2) is 5.75 Å². The van der Waals surface area contributed by atoms with E-state index in [1.54, 1.807) is 26.8 Å². The third-order valence-electron chi connectivity index (χ3n) is 5.98. The van der Waals surface area contributed by atoms with Gasteiger partial charge in [0.25, 0.3) is 10.9 Å². The van der Waals surface area contributed by atoms with Gasteiger partial charge in [0.1, 0.15) is 22.9 Å². The minimum atomic E-state index is -0.649. The number of benzene rings is 3. The van der Waals surface area contributed by atoms with Gasteiger partial charge in [0.05, 0.1) is 6.04 Å². The van der Waals surface area contributed by atoms with Crippen LogP contribution in [0.3, 0.4) is 0 Å². The molecule has 4 aromatic carbocycles. The predicted octanol–water partition coefficient (Wildman–Crippen LogP) is 6.23. The van der Waals surface area contributed by atoms with E-state index in [0.29, 0.717) is 11.3 Å². The molecule has 37 heavy (non-hydrogen) atoms. The number of anilines is 2. The largest absolute Gasteiger partial charge is 0.482 e. The van der Waals surface area contributed by atoms with E-state index in [2.05, 4.69) is 10.6 Å². The Morgan fingerprint density at radius 2 is 1.46 bits per heavy atom. The SMILES string of the molecule is Cc1ccc(C(N[C@H](C)c2cc(F)cc(F)c2)c2cccc(Nc3c(OC(C)(C)C)c(=O)c3=O)c2)cc1. The summed E-state index contributed by atoms with van der Waals surface area (Å²) < 4.78 is 33.5. The van der Waals surface area contributed by atoms with Crippen molar-refractivity contribution < 1.29 is 13.5 Å². The molecule has 0 aliphatic carbocycles. The number of ether oxygens (including phenoxy) is 1. The van der Waals surface area contributed by atoms with Crippen molar-refractivity contribution in [2.24, 2.45) is 0 Å². The molecule has 4 aromatic rings. The van der Waals surface area contributed by atoms with Crippen LogP contribution < -0.4 is 26.2 Å². The van der Waals surface area contributed by atoms with Crippen molar-refractivity contribution in [3.05, 3.63) is 121 Å². The Morgan fingerprint density at radius 3 is 2.08 bits per heavy atom. The summed E-state index contributed by atoms with van der Waals surface area (Å²) in [6.45, 7) is 9.25. The summed E-state index contributed by atoms with van der Waals surface area (Å²) in [6.07, 6.45) is 0. The van der Waals surface area contributed by atoms with E-state index < -0.39 is 28.1 Å². The molecule has 2 atom stereocenters. The first kappa shape index (κ1) is 26.2. The third-order valence-corrected chi connectivity index (χ3v) is 5.98. The lowest BCUT2D eigenvalue weighted by molar-refractivity contribution is 0.128. The molecule has 5 nitrogen and oxygen atoms in total.